The molecule has 2 heterocycles. The molecule has 0 fully saturated rings. The van der Waals surface area contributed by atoms with E-state index in [1.54, 1.807) is 12.4 Å². The minimum Gasteiger partial charge on any atom is -0.278 e. The average Bonchev–Trinajstić information content (AvgIpc) is 2.78. The van der Waals surface area contributed by atoms with Crippen molar-refractivity contribution >= 4 is 10.9 Å². The number of fused-ring (bicyclic) bond motifs is 1. The lowest BCUT2D eigenvalue weighted by Crippen LogP contribution is -1.82. The first kappa shape index (κ1) is 8.11. The van der Waals surface area contributed by atoms with Crippen LogP contribution in [0, 0.1) is 0 Å². The third-order valence-corrected chi connectivity index (χ3v) is 2.38. The number of nitrogens with one attached hydrogen (secondary N) is 1. The van der Waals surface area contributed by atoms with E-state index in [1.165, 1.54) is 0 Å². The van der Waals surface area contributed by atoms with E-state index in [4.69, 9.17) is 0 Å². The molecule has 0 radical (unpaired) electrons. The molecule has 3 rings (SSSR count). The van der Waals surface area contributed by atoms with E-state index in [-0.39, 0.29) is 0 Å². The number of hydrogen-bond donors (Lipinski definition) is 1. The number of rotatable bonds is 1. The van der Waals surface area contributed by atoms with Crippen LogP contribution in [0.15, 0.2) is 42.9 Å². The Balaban J connectivity index is 2.31. The molecule has 15 heavy (non-hydrogen) atoms. The second kappa shape index (κ2) is 3.16. The SMILES string of the molecule is c1cc(-c2ccnnc2)c2cn[nH]c2c1. The molecule has 0 unspecified atom stereocenters. The van der Waals surface area contributed by atoms with Gasteiger partial charge in [0, 0.05) is 10.9 Å². The zero-order valence-corrected chi connectivity index (χ0v) is 7.88. The maximum Gasteiger partial charge on any atom is 0.0656 e. The molecule has 1 N–H and O–H groups in total. The van der Waals surface area contributed by atoms with Crippen molar-refractivity contribution in [1.29, 1.82) is 0 Å². The summed E-state index contributed by atoms with van der Waals surface area (Å²) in [7, 11) is 0. The Morgan fingerprint density at radius 3 is 2.87 bits per heavy atom. The normalized spacial score (nSPS) is 10.7. The second-order valence-electron chi connectivity index (χ2n) is 3.27. The van der Waals surface area contributed by atoms with Gasteiger partial charge in [0.05, 0.1) is 24.1 Å². The van der Waals surface area contributed by atoms with Gasteiger partial charge in [-0.05, 0) is 17.7 Å². The topological polar surface area (TPSA) is 54.5 Å². The Labute approximate surface area is 86.0 Å². The highest BCUT2D eigenvalue weighted by molar-refractivity contribution is 5.93. The van der Waals surface area contributed by atoms with E-state index in [9.17, 15) is 0 Å². The quantitative estimate of drug-likeness (QED) is 0.647. The molecule has 0 aliphatic heterocycles. The van der Waals surface area contributed by atoms with Gasteiger partial charge in [-0.25, -0.2) is 0 Å². The van der Waals surface area contributed by atoms with E-state index < -0.39 is 0 Å². The van der Waals surface area contributed by atoms with Gasteiger partial charge in [-0.15, -0.1) is 0 Å². The van der Waals surface area contributed by atoms with Crippen LogP contribution in [0.3, 0.4) is 0 Å². The van der Waals surface area contributed by atoms with Gasteiger partial charge < -0.3 is 0 Å². The van der Waals surface area contributed by atoms with Crippen LogP contribution < -0.4 is 0 Å². The summed E-state index contributed by atoms with van der Waals surface area (Å²) in [6.45, 7) is 0. The first-order valence-electron chi connectivity index (χ1n) is 4.64. The Hall–Kier alpha value is -2.23. The predicted molar refractivity (Wildman–Crippen MR) is 57.1 cm³/mol. The van der Waals surface area contributed by atoms with Crippen molar-refractivity contribution < 1.29 is 0 Å². The molecular formula is C11H8N4. The molecule has 0 amide bonds. The molecule has 0 saturated heterocycles. The molecule has 0 aliphatic rings. The van der Waals surface area contributed by atoms with Crippen LogP contribution in [0.4, 0.5) is 0 Å². The molecule has 1 aromatic carbocycles. The Morgan fingerprint density at radius 2 is 2.00 bits per heavy atom. The molecule has 72 valence electrons. The first-order chi connectivity index (χ1) is 7.45. The summed E-state index contributed by atoms with van der Waals surface area (Å²) < 4.78 is 0. The van der Waals surface area contributed by atoms with Gasteiger partial charge in [-0.1, -0.05) is 12.1 Å². The van der Waals surface area contributed by atoms with Crippen molar-refractivity contribution in [3.63, 3.8) is 0 Å². The standard InChI is InChI=1S/C11H8N4/c1-2-9(8-4-5-12-13-6-8)10-7-14-15-11(10)3-1/h1-7H,(H,14,15). The maximum absolute atomic E-state index is 4.03. The van der Waals surface area contributed by atoms with Crippen LogP contribution in [0.25, 0.3) is 22.0 Å². The molecule has 0 bridgehead atoms. The summed E-state index contributed by atoms with van der Waals surface area (Å²) in [5.74, 6) is 0. The molecule has 4 heteroatoms. The fourth-order valence-electron chi connectivity index (χ4n) is 1.67. The van der Waals surface area contributed by atoms with Gasteiger partial charge in [0.1, 0.15) is 0 Å². The monoisotopic (exact) mass is 196 g/mol. The van der Waals surface area contributed by atoms with Crippen molar-refractivity contribution in [2.45, 2.75) is 0 Å². The first-order valence-corrected chi connectivity index (χ1v) is 4.64. The van der Waals surface area contributed by atoms with Gasteiger partial charge in [-0.3, -0.25) is 5.10 Å². The van der Waals surface area contributed by atoms with Crippen LogP contribution >= 0.6 is 0 Å². The zero-order chi connectivity index (χ0) is 10.1. The van der Waals surface area contributed by atoms with Gasteiger partial charge in [-0.2, -0.15) is 15.3 Å². The summed E-state index contributed by atoms with van der Waals surface area (Å²) in [4.78, 5) is 0. The van der Waals surface area contributed by atoms with Crippen LogP contribution in [0.1, 0.15) is 0 Å². The van der Waals surface area contributed by atoms with E-state index >= 15 is 0 Å². The van der Waals surface area contributed by atoms with Crippen molar-refractivity contribution in [2.24, 2.45) is 0 Å². The number of benzene rings is 1. The molecule has 0 spiro atoms. The summed E-state index contributed by atoms with van der Waals surface area (Å²) in [5, 5.41) is 15.7. The minimum absolute atomic E-state index is 1.03. The highest BCUT2D eigenvalue weighted by Gasteiger charge is 2.04. The van der Waals surface area contributed by atoms with E-state index in [0.717, 1.165) is 22.0 Å². The van der Waals surface area contributed by atoms with Crippen LogP contribution in [0.2, 0.25) is 0 Å². The number of aromatic amines is 1. The fourth-order valence-corrected chi connectivity index (χ4v) is 1.67. The summed E-state index contributed by atoms with van der Waals surface area (Å²) in [6, 6.07) is 7.99. The average molecular weight is 196 g/mol. The molecule has 4 nitrogen and oxygen atoms in total. The Bertz CT molecular complexity index is 586. The van der Waals surface area contributed by atoms with E-state index in [2.05, 4.69) is 26.5 Å². The number of hydrogen-bond acceptors (Lipinski definition) is 3. The van der Waals surface area contributed by atoms with Crippen molar-refractivity contribution in [3.05, 3.63) is 42.9 Å². The highest BCUT2D eigenvalue weighted by Crippen LogP contribution is 2.25. The van der Waals surface area contributed by atoms with Crippen molar-refractivity contribution in [3.8, 4) is 11.1 Å². The summed E-state index contributed by atoms with van der Waals surface area (Å²) in [6.07, 6.45) is 5.26. The molecule has 0 saturated carbocycles. The Kier molecular flexibility index (Phi) is 1.71. The largest absolute Gasteiger partial charge is 0.278 e. The van der Waals surface area contributed by atoms with Crippen LogP contribution in [-0.4, -0.2) is 20.4 Å². The van der Waals surface area contributed by atoms with Gasteiger partial charge in [0.2, 0.25) is 0 Å². The van der Waals surface area contributed by atoms with Gasteiger partial charge in [0.15, 0.2) is 0 Å². The van der Waals surface area contributed by atoms with Gasteiger partial charge in [0.25, 0.3) is 0 Å². The number of aromatic nitrogens is 4. The number of nitrogens with zero attached hydrogens (tertiary/aromatic N) is 3. The summed E-state index contributed by atoms with van der Waals surface area (Å²) >= 11 is 0. The van der Waals surface area contributed by atoms with E-state index in [0.29, 0.717) is 0 Å². The highest BCUT2D eigenvalue weighted by atomic mass is 15.1. The van der Waals surface area contributed by atoms with Gasteiger partial charge >= 0.3 is 0 Å². The van der Waals surface area contributed by atoms with Crippen LogP contribution in [-0.2, 0) is 0 Å². The molecule has 0 atom stereocenters. The maximum atomic E-state index is 4.03. The van der Waals surface area contributed by atoms with Crippen molar-refractivity contribution in [2.75, 3.05) is 0 Å². The lowest BCUT2D eigenvalue weighted by atomic mass is 10.0. The van der Waals surface area contributed by atoms with E-state index in [1.807, 2.05) is 24.4 Å². The summed E-state index contributed by atoms with van der Waals surface area (Å²) in [5.41, 5.74) is 3.21. The third kappa shape index (κ3) is 1.27. The lowest BCUT2D eigenvalue weighted by Gasteiger charge is -2.00. The van der Waals surface area contributed by atoms with Crippen LogP contribution in [0.5, 0.6) is 0 Å². The molecule has 3 aromatic rings. The molecule has 0 aliphatic carbocycles. The minimum atomic E-state index is 1.03. The van der Waals surface area contributed by atoms with Crippen molar-refractivity contribution in [1.82, 2.24) is 20.4 Å². The number of H-pyrrole nitrogens is 1. The Morgan fingerprint density at radius 1 is 1.00 bits per heavy atom. The predicted octanol–water partition coefficient (Wildman–Crippen LogP) is 2.02. The third-order valence-electron chi connectivity index (χ3n) is 2.38. The second-order valence-corrected chi connectivity index (χ2v) is 3.27. The zero-order valence-electron chi connectivity index (χ0n) is 7.88. The molecule has 2 aromatic heterocycles. The lowest BCUT2D eigenvalue weighted by molar-refractivity contribution is 1.03. The smallest absolute Gasteiger partial charge is 0.0656 e. The molecular weight excluding hydrogens is 188 g/mol. The fraction of sp³-hybridized carbons (Fsp3) is 0.